The predicted molar refractivity (Wildman–Crippen MR) is 57.5 cm³/mol. The lowest BCUT2D eigenvalue weighted by molar-refractivity contribution is 0.220. The summed E-state index contributed by atoms with van der Waals surface area (Å²) in [6.07, 6.45) is 4.14. The summed E-state index contributed by atoms with van der Waals surface area (Å²) in [7, 11) is 0. The van der Waals surface area contributed by atoms with Crippen LogP contribution in [0.25, 0.3) is 0 Å². The van der Waals surface area contributed by atoms with Crippen molar-refractivity contribution >= 4 is 11.6 Å². The SMILES string of the molecule is OC(c1cccnc1)c1ccnc(Cl)c1. The Morgan fingerprint density at radius 2 is 2.07 bits per heavy atom. The Kier molecular flexibility index (Phi) is 2.94. The summed E-state index contributed by atoms with van der Waals surface area (Å²) < 4.78 is 0. The van der Waals surface area contributed by atoms with Crippen LogP contribution in [-0.2, 0) is 0 Å². The topological polar surface area (TPSA) is 46.0 Å². The summed E-state index contributed by atoms with van der Waals surface area (Å²) in [5.74, 6) is 0. The van der Waals surface area contributed by atoms with Crippen LogP contribution in [0.3, 0.4) is 0 Å². The maximum atomic E-state index is 9.99. The normalized spacial score (nSPS) is 12.4. The number of rotatable bonds is 2. The fraction of sp³-hybridized carbons (Fsp3) is 0.0909. The third-order valence-corrected chi connectivity index (χ3v) is 2.27. The van der Waals surface area contributed by atoms with Gasteiger partial charge in [-0.25, -0.2) is 4.98 Å². The first-order chi connectivity index (χ1) is 7.27. The number of aromatic nitrogens is 2. The minimum Gasteiger partial charge on any atom is -0.384 e. The van der Waals surface area contributed by atoms with E-state index in [0.717, 1.165) is 5.56 Å². The van der Waals surface area contributed by atoms with Gasteiger partial charge >= 0.3 is 0 Å². The van der Waals surface area contributed by atoms with E-state index in [1.807, 2.05) is 6.07 Å². The summed E-state index contributed by atoms with van der Waals surface area (Å²) in [5, 5.41) is 10.4. The minimum absolute atomic E-state index is 0.371. The van der Waals surface area contributed by atoms with Crippen molar-refractivity contribution in [2.75, 3.05) is 0 Å². The maximum absolute atomic E-state index is 9.99. The van der Waals surface area contributed by atoms with Gasteiger partial charge in [0.25, 0.3) is 0 Å². The molecule has 1 N–H and O–H groups in total. The minimum atomic E-state index is -0.709. The zero-order valence-corrected chi connectivity index (χ0v) is 8.59. The molecule has 0 radical (unpaired) electrons. The number of hydrogen-bond donors (Lipinski definition) is 1. The molecule has 3 nitrogen and oxygen atoms in total. The Hall–Kier alpha value is -1.45. The Bertz CT molecular complexity index is 447. The summed E-state index contributed by atoms with van der Waals surface area (Å²) in [6, 6.07) is 6.95. The number of pyridine rings is 2. The van der Waals surface area contributed by atoms with Crippen molar-refractivity contribution in [3.63, 3.8) is 0 Å². The van der Waals surface area contributed by atoms with Gasteiger partial charge in [0.05, 0.1) is 0 Å². The van der Waals surface area contributed by atoms with E-state index in [4.69, 9.17) is 11.6 Å². The molecule has 15 heavy (non-hydrogen) atoms. The van der Waals surface area contributed by atoms with Crippen LogP contribution in [0.15, 0.2) is 42.9 Å². The highest BCUT2D eigenvalue weighted by molar-refractivity contribution is 6.29. The van der Waals surface area contributed by atoms with Crippen molar-refractivity contribution in [3.05, 3.63) is 59.1 Å². The average Bonchev–Trinajstić information content (AvgIpc) is 2.29. The molecule has 2 heterocycles. The van der Waals surface area contributed by atoms with Gasteiger partial charge in [-0.2, -0.15) is 0 Å². The van der Waals surface area contributed by atoms with Gasteiger partial charge in [0.15, 0.2) is 0 Å². The molecule has 2 aromatic rings. The molecule has 2 rings (SSSR count). The van der Waals surface area contributed by atoms with Crippen LogP contribution in [0, 0.1) is 0 Å². The lowest BCUT2D eigenvalue weighted by Crippen LogP contribution is -2.00. The molecular weight excluding hydrogens is 212 g/mol. The van der Waals surface area contributed by atoms with E-state index in [1.165, 1.54) is 0 Å². The molecule has 1 unspecified atom stereocenters. The van der Waals surface area contributed by atoms with E-state index in [2.05, 4.69) is 9.97 Å². The van der Waals surface area contributed by atoms with Crippen LogP contribution in [0.4, 0.5) is 0 Å². The Balaban J connectivity index is 2.32. The zero-order valence-electron chi connectivity index (χ0n) is 7.84. The van der Waals surface area contributed by atoms with Crippen LogP contribution >= 0.6 is 11.6 Å². The second kappa shape index (κ2) is 4.38. The second-order valence-corrected chi connectivity index (χ2v) is 3.49. The summed E-state index contributed by atoms with van der Waals surface area (Å²) in [6.45, 7) is 0. The molecule has 0 aliphatic rings. The standard InChI is InChI=1S/C11H9ClN2O/c12-10-6-8(3-5-14-10)11(15)9-2-1-4-13-7-9/h1-7,11,15H. The van der Waals surface area contributed by atoms with E-state index < -0.39 is 6.10 Å². The number of halogens is 1. The highest BCUT2D eigenvalue weighted by Crippen LogP contribution is 2.21. The van der Waals surface area contributed by atoms with E-state index in [9.17, 15) is 5.11 Å². The summed E-state index contributed by atoms with van der Waals surface area (Å²) in [5.41, 5.74) is 1.45. The second-order valence-electron chi connectivity index (χ2n) is 3.10. The molecule has 76 valence electrons. The summed E-state index contributed by atoms with van der Waals surface area (Å²) >= 11 is 5.74. The first-order valence-electron chi connectivity index (χ1n) is 4.47. The van der Waals surface area contributed by atoms with Crippen molar-refractivity contribution in [1.29, 1.82) is 0 Å². The predicted octanol–water partition coefficient (Wildman–Crippen LogP) is 2.21. The van der Waals surface area contributed by atoms with Crippen LogP contribution in [-0.4, -0.2) is 15.1 Å². The third-order valence-electron chi connectivity index (χ3n) is 2.07. The summed E-state index contributed by atoms with van der Waals surface area (Å²) in [4.78, 5) is 7.80. The highest BCUT2D eigenvalue weighted by atomic mass is 35.5. The van der Waals surface area contributed by atoms with Gasteiger partial charge < -0.3 is 5.11 Å². The molecule has 0 saturated carbocycles. The largest absolute Gasteiger partial charge is 0.384 e. The van der Waals surface area contributed by atoms with Crippen molar-refractivity contribution in [2.24, 2.45) is 0 Å². The van der Waals surface area contributed by atoms with E-state index in [-0.39, 0.29) is 0 Å². The van der Waals surface area contributed by atoms with Crippen molar-refractivity contribution in [2.45, 2.75) is 6.10 Å². The quantitative estimate of drug-likeness (QED) is 0.790. The van der Waals surface area contributed by atoms with E-state index >= 15 is 0 Å². The van der Waals surface area contributed by atoms with Crippen LogP contribution in [0.2, 0.25) is 5.15 Å². The first kappa shape index (κ1) is 10.1. The van der Waals surface area contributed by atoms with Crippen molar-refractivity contribution < 1.29 is 5.11 Å². The van der Waals surface area contributed by atoms with Gasteiger partial charge in [0, 0.05) is 24.2 Å². The van der Waals surface area contributed by atoms with E-state index in [1.54, 1.807) is 36.8 Å². The van der Waals surface area contributed by atoms with Crippen LogP contribution in [0.5, 0.6) is 0 Å². The average molecular weight is 221 g/mol. The molecular formula is C11H9ClN2O. The van der Waals surface area contributed by atoms with E-state index in [0.29, 0.717) is 10.7 Å². The fourth-order valence-corrected chi connectivity index (χ4v) is 1.50. The molecule has 4 heteroatoms. The van der Waals surface area contributed by atoms with Gasteiger partial charge in [-0.1, -0.05) is 17.7 Å². The highest BCUT2D eigenvalue weighted by Gasteiger charge is 2.10. The molecule has 0 saturated heterocycles. The van der Waals surface area contributed by atoms with Gasteiger partial charge in [-0.15, -0.1) is 0 Å². The molecule has 0 aliphatic heterocycles. The molecule has 0 bridgehead atoms. The molecule has 2 aromatic heterocycles. The Morgan fingerprint density at radius 1 is 1.20 bits per heavy atom. The third kappa shape index (κ3) is 2.32. The number of aliphatic hydroxyl groups is 1. The number of aliphatic hydroxyl groups excluding tert-OH is 1. The Morgan fingerprint density at radius 3 is 2.73 bits per heavy atom. The van der Waals surface area contributed by atoms with Gasteiger partial charge in [-0.05, 0) is 23.8 Å². The van der Waals surface area contributed by atoms with Gasteiger partial charge in [0.2, 0.25) is 0 Å². The zero-order chi connectivity index (χ0) is 10.7. The van der Waals surface area contributed by atoms with Gasteiger partial charge in [-0.3, -0.25) is 4.98 Å². The van der Waals surface area contributed by atoms with Crippen LogP contribution in [0.1, 0.15) is 17.2 Å². The molecule has 0 amide bonds. The molecule has 0 aliphatic carbocycles. The molecule has 1 atom stereocenters. The first-order valence-corrected chi connectivity index (χ1v) is 4.84. The Labute approximate surface area is 92.4 Å². The van der Waals surface area contributed by atoms with Crippen LogP contribution < -0.4 is 0 Å². The van der Waals surface area contributed by atoms with Crippen molar-refractivity contribution in [3.8, 4) is 0 Å². The van der Waals surface area contributed by atoms with Crippen molar-refractivity contribution in [1.82, 2.24) is 9.97 Å². The molecule has 0 aromatic carbocycles. The lowest BCUT2D eigenvalue weighted by atomic mass is 10.1. The smallest absolute Gasteiger partial charge is 0.129 e. The lowest BCUT2D eigenvalue weighted by Gasteiger charge is -2.10. The maximum Gasteiger partial charge on any atom is 0.129 e. The monoisotopic (exact) mass is 220 g/mol. The molecule has 0 spiro atoms. The molecule has 0 fully saturated rings. The fourth-order valence-electron chi connectivity index (χ4n) is 1.32. The number of hydrogen-bond acceptors (Lipinski definition) is 3. The van der Waals surface area contributed by atoms with Gasteiger partial charge in [0.1, 0.15) is 11.3 Å². The number of nitrogens with zero attached hydrogens (tertiary/aromatic N) is 2.